The summed E-state index contributed by atoms with van der Waals surface area (Å²) >= 11 is 0. The van der Waals surface area contributed by atoms with Gasteiger partial charge in [0.25, 0.3) is 0 Å². The third-order valence-electron chi connectivity index (χ3n) is 2.22. The molecule has 0 radical (unpaired) electrons. The van der Waals surface area contributed by atoms with Gasteiger partial charge in [-0.15, -0.1) is 0 Å². The van der Waals surface area contributed by atoms with Gasteiger partial charge in [0.05, 0.1) is 12.9 Å². The number of aromatic nitrogens is 4. The maximum absolute atomic E-state index is 8.55. The van der Waals surface area contributed by atoms with Crippen molar-refractivity contribution in [2.24, 2.45) is 0 Å². The molecular formula is C11H13N5O. The fourth-order valence-corrected chi connectivity index (χ4v) is 1.42. The highest BCUT2D eigenvalue weighted by Gasteiger charge is 2.05. The SMILES string of the molecule is Nc1ncnc2c1ncn2C/C=C\C=C\CO. The van der Waals surface area contributed by atoms with Crippen LogP contribution in [0.5, 0.6) is 0 Å². The van der Waals surface area contributed by atoms with Gasteiger partial charge in [-0.3, -0.25) is 0 Å². The van der Waals surface area contributed by atoms with Gasteiger partial charge in [-0.1, -0.05) is 24.3 Å². The van der Waals surface area contributed by atoms with Crippen molar-refractivity contribution in [3.63, 3.8) is 0 Å². The summed E-state index contributed by atoms with van der Waals surface area (Å²) < 4.78 is 1.87. The van der Waals surface area contributed by atoms with Crippen LogP contribution in [-0.4, -0.2) is 31.2 Å². The molecule has 0 aliphatic carbocycles. The lowest BCUT2D eigenvalue weighted by molar-refractivity contribution is 0.343. The minimum absolute atomic E-state index is 0.0438. The molecule has 0 saturated carbocycles. The third kappa shape index (κ3) is 2.48. The van der Waals surface area contributed by atoms with Gasteiger partial charge in [-0.05, 0) is 0 Å². The van der Waals surface area contributed by atoms with Crippen LogP contribution in [0.3, 0.4) is 0 Å². The second-order valence-corrected chi connectivity index (χ2v) is 3.37. The van der Waals surface area contributed by atoms with E-state index in [4.69, 9.17) is 10.8 Å². The maximum Gasteiger partial charge on any atom is 0.165 e. The molecule has 17 heavy (non-hydrogen) atoms. The molecule has 2 heterocycles. The van der Waals surface area contributed by atoms with E-state index in [1.165, 1.54) is 6.33 Å². The Bertz CT molecular complexity index is 558. The van der Waals surface area contributed by atoms with Gasteiger partial charge in [0.15, 0.2) is 11.5 Å². The molecule has 2 rings (SSSR count). The smallest absolute Gasteiger partial charge is 0.165 e. The van der Waals surface area contributed by atoms with E-state index in [-0.39, 0.29) is 6.61 Å². The Morgan fingerprint density at radius 1 is 1.24 bits per heavy atom. The van der Waals surface area contributed by atoms with E-state index in [2.05, 4.69) is 15.0 Å². The quantitative estimate of drug-likeness (QED) is 0.748. The molecule has 88 valence electrons. The fourth-order valence-electron chi connectivity index (χ4n) is 1.42. The number of imidazole rings is 1. The molecule has 0 aliphatic rings. The summed E-state index contributed by atoms with van der Waals surface area (Å²) in [6.45, 7) is 0.685. The first-order valence-electron chi connectivity index (χ1n) is 5.16. The van der Waals surface area contributed by atoms with E-state index in [1.54, 1.807) is 18.5 Å². The Balaban J connectivity index is 2.17. The van der Waals surface area contributed by atoms with Crippen molar-refractivity contribution in [3.05, 3.63) is 37.0 Å². The molecule has 0 atom stereocenters. The maximum atomic E-state index is 8.55. The van der Waals surface area contributed by atoms with Gasteiger partial charge in [0.1, 0.15) is 11.8 Å². The van der Waals surface area contributed by atoms with Crippen molar-refractivity contribution in [3.8, 4) is 0 Å². The van der Waals surface area contributed by atoms with Gasteiger partial charge in [-0.25, -0.2) is 15.0 Å². The normalized spacial score (nSPS) is 12.1. The zero-order valence-electron chi connectivity index (χ0n) is 9.19. The molecule has 0 amide bonds. The summed E-state index contributed by atoms with van der Waals surface area (Å²) in [6, 6.07) is 0. The van der Waals surface area contributed by atoms with Crippen LogP contribution in [0.1, 0.15) is 0 Å². The first kappa shape index (κ1) is 11.3. The fraction of sp³-hybridized carbons (Fsp3) is 0.182. The van der Waals surface area contributed by atoms with Crippen LogP contribution in [0.4, 0.5) is 5.82 Å². The molecule has 2 aromatic rings. The van der Waals surface area contributed by atoms with Crippen molar-refractivity contribution in [1.29, 1.82) is 0 Å². The average molecular weight is 231 g/mol. The molecule has 6 nitrogen and oxygen atoms in total. The number of hydrogen-bond acceptors (Lipinski definition) is 5. The van der Waals surface area contributed by atoms with Gasteiger partial charge in [-0.2, -0.15) is 0 Å². The zero-order valence-corrected chi connectivity index (χ0v) is 9.19. The van der Waals surface area contributed by atoms with E-state index in [0.29, 0.717) is 23.5 Å². The second-order valence-electron chi connectivity index (χ2n) is 3.37. The molecule has 0 bridgehead atoms. The summed E-state index contributed by atoms with van der Waals surface area (Å²) in [6.07, 6.45) is 10.3. The van der Waals surface area contributed by atoms with Crippen molar-refractivity contribution >= 4 is 17.0 Å². The van der Waals surface area contributed by atoms with E-state index in [9.17, 15) is 0 Å². The van der Waals surface area contributed by atoms with E-state index in [0.717, 1.165) is 0 Å². The van der Waals surface area contributed by atoms with Crippen molar-refractivity contribution in [1.82, 2.24) is 19.5 Å². The highest BCUT2D eigenvalue weighted by atomic mass is 16.2. The number of nitrogens with two attached hydrogens (primary N) is 1. The van der Waals surface area contributed by atoms with Gasteiger partial charge in [0, 0.05) is 6.54 Å². The first-order chi connectivity index (χ1) is 8.33. The predicted molar refractivity (Wildman–Crippen MR) is 65.1 cm³/mol. The number of nitrogen functional groups attached to an aromatic ring is 1. The summed E-state index contributed by atoms with van der Waals surface area (Å²) in [4.78, 5) is 12.2. The zero-order chi connectivity index (χ0) is 12.1. The number of hydrogen-bond donors (Lipinski definition) is 2. The molecular weight excluding hydrogens is 218 g/mol. The molecule has 0 saturated heterocycles. The lowest BCUT2D eigenvalue weighted by Crippen LogP contribution is -1.97. The summed E-state index contributed by atoms with van der Waals surface area (Å²) in [5.41, 5.74) is 7.01. The average Bonchev–Trinajstić information content (AvgIpc) is 2.74. The second kappa shape index (κ2) is 5.22. The number of fused-ring (bicyclic) bond motifs is 1. The van der Waals surface area contributed by atoms with Gasteiger partial charge < -0.3 is 15.4 Å². The monoisotopic (exact) mass is 231 g/mol. The number of rotatable bonds is 4. The molecule has 0 aromatic carbocycles. The number of nitrogens with zero attached hydrogens (tertiary/aromatic N) is 4. The van der Waals surface area contributed by atoms with Crippen LogP contribution in [0.25, 0.3) is 11.2 Å². The number of aliphatic hydroxyl groups is 1. The van der Waals surface area contributed by atoms with Crippen molar-refractivity contribution in [2.75, 3.05) is 12.3 Å². The number of allylic oxidation sites excluding steroid dienone is 3. The predicted octanol–water partition coefficient (Wildman–Crippen LogP) is 0.513. The number of aliphatic hydroxyl groups excluding tert-OH is 1. The summed E-state index contributed by atoms with van der Waals surface area (Å²) in [5, 5.41) is 8.55. The molecule has 0 fully saturated rings. The van der Waals surface area contributed by atoms with E-state index in [1.807, 2.05) is 16.7 Å². The lowest BCUT2D eigenvalue weighted by Gasteiger charge is -1.98. The summed E-state index contributed by atoms with van der Waals surface area (Å²) in [5.74, 6) is 0.387. The van der Waals surface area contributed by atoms with E-state index >= 15 is 0 Å². The highest BCUT2D eigenvalue weighted by Crippen LogP contribution is 2.13. The number of anilines is 1. The highest BCUT2D eigenvalue weighted by molar-refractivity contribution is 5.81. The molecule has 0 aliphatic heterocycles. The Labute approximate surface area is 98.1 Å². The Kier molecular flexibility index (Phi) is 3.46. The van der Waals surface area contributed by atoms with Gasteiger partial charge in [0.2, 0.25) is 0 Å². The molecule has 0 unspecified atom stereocenters. The third-order valence-corrected chi connectivity index (χ3v) is 2.22. The van der Waals surface area contributed by atoms with Crippen LogP contribution in [-0.2, 0) is 6.54 Å². The first-order valence-corrected chi connectivity index (χ1v) is 5.16. The van der Waals surface area contributed by atoms with Crippen LogP contribution >= 0.6 is 0 Å². The van der Waals surface area contributed by atoms with Crippen LogP contribution < -0.4 is 5.73 Å². The molecule has 0 spiro atoms. The van der Waals surface area contributed by atoms with Crippen molar-refractivity contribution < 1.29 is 5.11 Å². The van der Waals surface area contributed by atoms with E-state index < -0.39 is 0 Å². The van der Waals surface area contributed by atoms with Crippen LogP contribution in [0.2, 0.25) is 0 Å². The molecule has 2 aromatic heterocycles. The standard InChI is InChI=1S/C11H13N5O/c12-10-9-11(14-7-13-10)16(8-15-9)5-3-1-2-4-6-17/h1-4,7-8,17H,5-6H2,(H2,12,13,14)/b3-1-,4-2+. The topological polar surface area (TPSA) is 89.9 Å². The van der Waals surface area contributed by atoms with Crippen LogP contribution in [0, 0.1) is 0 Å². The van der Waals surface area contributed by atoms with Gasteiger partial charge >= 0.3 is 0 Å². The minimum Gasteiger partial charge on any atom is -0.392 e. The van der Waals surface area contributed by atoms with Crippen molar-refractivity contribution in [2.45, 2.75) is 6.54 Å². The Morgan fingerprint density at radius 2 is 2.06 bits per heavy atom. The molecule has 6 heteroatoms. The Morgan fingerprint density at radius 3 is 2.88 bits per heavy atom. The lowest BCUT2D eigenvalue weighted by atomic mass is 10.4. The Hall–Kier alpha value is -2.21. The molecule has 3 N–H and O–H groups in total. The largest absolute Gasteiger partial charge is 0.392 e. The minimum atomic E-state index is 0.0438. The van der Waals surface area contributed by atoms with Crippen LogP contribution in [0.15, 0.2) is 37.0 Å². The summed E-state index contributed by atoms with van der Waals surface area (Å²) in [7, 11) is 0.